The van der Waals surface area contributed by atoms with Gasteiger partial charge in [-0.1, -0.05) is 13.8 Å². The minimum absolute atomic E-state index is 0.137. The van der Waals surface area contributed by atoms with Crippen LogP contribution in [-0.2, 0) is 4.79 Å². The predicted molar refractivity (Wildman–Crippen MR) is 80.0 cm³/mol. The maximum atomic E-state index is 11.9. The van der Waals surface area contributed by atoms with E-state index in [4.69, 9.17) is 5.73 Å². The van der Waals surface area contributed by atoms with Crippen LogP contribution in [0.25, 0.3) is 0 Å². The van der Waals surface area contributed by atoms with Gasteiger partial charge < -0.3 is 10.6 Å². The van der Waals surface area contributed by atoms with E-state index >= 15 is 0 Å². The Morgan fingerprint density at radius 3 is 2.63 bits per heavy atom. The van der Waals surface area contributed by atoms with Crippen LogP contribution in [0.4, 0.5) is 0 Å². The molecule has 106 valence electrons. The summed E-state index contributed by atoms with van der Waals surface area (Å²) in [5.41, 5.74) is 5.98. The average molecular weight is 281 g/mol. The smallest absolute Gasteiger partial charge is 0.232 e. The maximum absolute atomic E-state index is 11.9. The Bertz CT molecular complexity index is 384. The molecule has 2 N–H and O–H groups in total. The van der Waals surface area contributed by atoms with Crippen molar-refractivity contribution in [2.45, 2.75) is 31.2 Å². The third-order valence-electron chi connectivity index (χ3n) is 3.09. The fourth-order valence-corrected chi connectivity index (χ4v) is 2.32. The number of hydrogen-bond acceptors (Lipinski definition) is 4. The maximum Gasteiger partial charge on any atom is 0.232 e. The number of pyridine rings is 1. The second kappa shape index (κ2) is 8.17. The van der Waals surface area contributed by atoms with Crippen LogP contribution in [0.15, 0.2) is 29.4 Å². The molecule has 4 nitrogen and oxygen atoms in total. The van der Waals surface area contributed by atoms with Crippen molar-refractivity contribution >= 4 is 17.7 Å². The number of thioether (sulfide) groups is 1. The lowest BCUT2D eigenvalue weighted by molar-refractivity contribution is -0.127. The zero-order valence-electron chi connectivity index (χ0n) is 11.9. The second-order valence-electron chi connectivity index (χ2n) is 4.98. The van der Waals surface area contributed by atoms with Gasteiger partial charge in [0.1, 0.15) is 0 Å². The van der Waals surface area contributed by atoms with Gasteiger partial charge in [-0.2, -0.15) is 0 Å². The molecule has 0 radical (unpaired) electrons. The molecule has 0 saturated carbocycles. The fourth-order valence-electron chi connectivity index (χ4n) is 1.49. The number of amides is 1. The molecule has 0 saturated heterocycles. The molecular weight excluding hydrogens is 258 g/mol. The summed E-state index contributed by atoms with van der Waals surface area (Å²) in [6.07, 6.45) is 4.32. The lowest BCUT2D eigenvalue weighted by Crippen LogP contribution is -2.35. The molecule has 1 aromatic rings. The van der Waals surface area contributed by atoms with Crippen molar-refractivity contribution < 1.29 is 4.79 Å². The van der Waals surface area contributed by atoms with E-state index in [1.54, 1.807) is 17.3 Å². The zero-order valence-corrected chi connectivity index (χ0v) is 12.7. The SMILES string of the molecule is CC(C)C(N)CCN(C)C(=O)CSc1ccncc1. The first-order chi connectivity index (χ1) is 9.00. The van der Waals surface area contributed by atoms with E-state index in [0.717, 1.165) is 17.9 Å². The van der Waals surface area contributed by atoms with Crippen molar-refractivity contribution in [2.24, 2.45) is 11.7 Å². The normalized spacial score (nSPS) is 12.5. The van der Waals surface area contributed by atoms with Crippen LogP contribution in [0.1, 0.15) is 20.3 Å². The molecule has 0 bridgehead atoms. The molecule has 1 heterocycles. The van der Waals surface area contributed by atoms with Crippen LogP contribution in [-0.4, -0.2) is 41.2 Å². The van der Waals surface area contributed by atoms with Crippen LogP contribution in [0, 0.1) is 5.92 Å². The van der Waals surface area contributed by atoms with Crippen molar-refractivity contribution in [1.82, 2.24) is 9.88 Å². The highest BCUT2D eigenvalue weighted by atomic mass is 32.2. The summed E-state index contributed by atoms with van der Waals surface area (Å²) in [5.74, 6) is 1.05. The Balaban J connectivity index is 2.29. The van der Waals surface area contributed by atoms with Crippen molar-refractivity contribution in [1.29, 1.82) is 0 Å². The molecule has 5 heteroatoms. The Morgan fingerprint density at radius 2 is 2.05 bits per heavy atom. The minimum atomic E-state index is 0.137. The van der Waals surface area contributed by atoms with Crippen LogP contribution in [0.5, 0.6) is 0 Å². The van der Waals surface area contributed by atoms with Crippen LogP contribution < -0.4 is 5.73 Å². The Kier molecular flexibility index (Phi) is 6.87. The van der Waals surface area contributed by atoms with Gasteiger partial charge in [0.05, 0.1) is 5.75 Å². The van der Waals surface area contributed by atoms with E-state index in [1.165, 1.54) is 11.8 Å². The first kappa shape index (κ1) is 16.0. The average Bonchev–Trinajstić information content (AvgIpc) is 2.42. The lowest BCUT2D eigenvalue weighted by atomic mass is 10.0. The first-order valence-corrected chi connectivity index (χ1v) is 7.51. The zero-order chi connectivity index (χ0) is 14.3. The molecule has 0 spiro atoms. The quantitative estimate of drug-likeness (QED) is 0.777. The fraction of sp³-hybridized carbons (Fsp3) is 0.571. The molecule has 1 aromatic heterocycles. The highest BCUT2D eigenvalue weighted by molar-refractivity contribution is 8.00. The molecule has 0 aliphatic heterocycles. The van der Waals surface area contributed by atoms with Gasteiger partial charge in [-0.3, -0.25) is 9.78 Å². The standard InChI is InChI=1S/C14H23N3OS/c1-11(2)13(15)6-9-17(3)14(18)10-19-12-4-7-16-8-5-12/h4-5,7-8,11,13H,6,9-10,15H2,1-3H3. The van der Waals surface area contributed by atoms with Gasteiger partial charge in [-0.05, 0) is 24.5 Å². The predicted octanol–water partition coefficient (Wildman–Crippen LogP) is 2.01. The molecule has 1 rings (SSSR count). The molecule has 0 aromatic carbocycles. The number of aromatic nitrogens is 1. The number of carbonyl (C=O) groups excluding carboxylic acids is 1. The number of nitrogens with two attached hydrogens (primary N) is 1. The third-order valence-corrected chi connectivity index (χ3v) is 4.09. The Morgan fingerprint density at radius 1 is 1.42 bits per heavy atom. The van der Waals surface area contributed by atoms with Crippen LogP contribution in [0.3, 0.4) is 0 Å². The summed E-state index contributed by atoms with van der Waals surface area (Å²) >= 11 is 1.53. The monoisotopic (exact) mass is 281 g/mol. The highest BCUT2D eigenvalue weighted by Gasteiger charge is 2.12. The van der Waals surface area contributed by atoms with Gasteiger partial charge in [0.25, 0.3) is 0 Å². The van der Waals surface area contributed by atoms with E-state index in [-0.39, 0.29) is 11.9 Å². The summed E-state index contributed by atoms with van der Waals surface area (Å²) in [6.45, 7) is 4.92. The van der Waals surface area contributed by atoms with E-state index < -0.39 is 0 Å². The van der Waals surface area contributed by atoms with Gasteiger partial charge in [-0.15, -0.1) is 11.8 Å². The number of nitrogens with zero attached hydrogens (tertiary/aromatic N) is 2. The van der Waals surface area contributed by atoms with Crippen molar-refractivity contribution in [3.8, 4) is 0 Å². The molecular formula is C14H23N3OS. The molecule has 1 unspecified atom stereocenters. The van der Waals surface area contributed by atoms with E-state index in [1.807, 2.05) is 19.2 Å². The van der Waals surface area contributed by atoms with Gasteiger partial charge in [0, 0.05) is 36.9 Å². The van der Waals surface area contributed by atoms with Gasteiger partial charge >= 0.3 is 0 Å². The summed E-state index contributed by atoms with van der Waals surface area (Å²) in [4.78, 5) is 18.7. The second-order valence-corrected chi connectivity index (χ2v) is 6.03. The summed E-state index contributed by atoms with van der Waals surface area (Å²) in [5, 5.41) is 0. The highest BCUT2D eigenvalue weighted by Crippen LogP contribution is 2.16. The van der Waals surface area contributed by atoms with Crippen molar-refractivity contribution in [3.63, 3.8) is 0 Å². The number of hydrogen-bond donors (Lipinski definition) is 1. The lowest BCUT2D eigenvalue weighted by Gasteiger charge is -2.21. The molecule has 19 heavy (non-hydrogen) atoms. The summed E-state index contributed by atoms with van der Waals surface area (Å²) < 4.78 is 0. The molecule has 0 aliphatic carbocycles. The molecule has 1 atom stereocenters. The number of rotatable bonds is 7. The largest absolute Gasteiger partial charge is 0.345 e. The van der Waals surface area contributed by atoms with Gasteiger partial charge in [-0.25, -0.2) is 0 Å². The summed E-state index contributed by atoms with van der Waals surface area (Å²) in [6, 6.07) is 3.97. The number of carbonyl (C=O) groups is 1. The molecule has 0 aliphatic rings. The summed E-state index contributed by atoms with van der Waals surface area (Å²) in [7, 11) is 1.84. The molecule has 0 fully saturated rings. The van der Waals surface area contributed by atoms with Crippen molar-refractivity contribution in [2.75, 3.05) is 19.3 Å². The van der Waals surface area contributed by atoms with Gasteiger partial charge in [0.15, 0.2) is 0 Å². The topological polar surface area (TPSA) is 59.2 Å². The van der Waals surface area contributed by atoms with Crippen LogP contribution in [0.2, 0.25) is 0 Å². The molecule has 1 amide bonds. The third kappa shape index (κ3) is 6.07. The van der Waals surface area contributed by atoms with Gasteiger partial charge in [0.2, 0.25) is 5.91 Å². The Labute approximate surface area is 119 Å². The van der Waals surface area contributed by atoms with Crippen LogP contribution >= 0.6 is 11.8 Å². The van der Waals surface area contributed by atoms with E-state index in [0.29, 0.717) is 11.7 Å². The van der Waals surface area contributed by atoms with E-state index in [2.05, 4.69) is 18.8 Å². The minimum Gasteiger partial charge on any atom is -0.345 e. The first-order valence-electron chi connectivity index (χ1n) is 6.53. The van der Waals surface area contributed by atoms with Crippen molar-refractivity contribution in [3.05, 3.63) is 24.5 Å². The van der Waals surface area contributed by atoms with E-state index in [9.17, 15) is 4.79 Å². The Hall–Kier alpha value is -1.07.